The summed E-state index contributed by atoms with van der Waals surface area (Å²) in [6.45, 7) is 0. The van der Waals surface area contributed by atoms with E-state index in [4.69, 9.17) is 16.3 Å². The fraction of sp³-hybridized carbons (Fsp3) is 0.0556. The van der Waals surface area contributed by atoms with E-state index in [-0.39, 0.29) is 27.6 Å². The second kappa shape index (κ2) is 7.00. The maximum absolute atomic E-state index is 12.8. The topological polar surface area (TPSA) is 116 Å². The zero-order valence-electron chi connectivity index (χ0n) is 13.9. The van der Waals surface area contributed by atoms with E-state index in [1.807, 2.05) is 0 Å². The number of ether oxygens (including phenoxy) is 1. The zero-order chi connectivity index (χ0) is 19.7. The van der Waals surface area contributed by atoms with E-state index in [0.717, 1.165) is 4.90 Å². The third kappa shape index (κ3) is 3.42. The molecule has 3 rings (SSSR count). The van der Waals surface area contributed by atoms with Gasteiger partial charge in [0.2, 0.25) is 0 Å². The summed E-state index contributed by atoms with van der Waals surface area (Å²) >= 11 is 6.04. The van der Waals surface area contributed by atoms with Gasteiger partial charge in [-0.1, -0.05) is 17.7 Å². The number of hydrogen-bond donors (Lipinski definition) is 3. The molecule has 27 heavy (non-hydrogen) atoms. The molecular formula is C18H13ClN2O6. The van der Waals surface area contributed by atoms with E-state index in [0.29, 0.717) is 5.75 Å². The van der Waals surface area contributed by atoms with Crippen molar-refractivity contribution in [1.29, 1.82) is 0 Å². The summed E-state index contributed by atoms with van der Waals surface area (Å²) in [7, 11) is 1.42. The lowest BCUT2D eigenvalue weighted by molar-refractivity contribution is -0.122. The summed E-state index contributed by atoms with van der Waals surface area (Å²) in [5.74, 6) is -2.15. The molecule has 2 aromatic carbocycles. The number of amides is 4. The molecule has 0 unspecified atom stereocenters. The fourth-order valence-corrected chi connectivity index (χ4v) is 2.74. The first-order valence-electron chi connectivity index (χ1n) is 7.59. The van der Waals surface area contributed by atoms with Crippen LogP contribution >= 0.6 is 11.6 Å². The number of urea groups is 1. The van der Waals surface area contributed by atoms with E-state index in [9.17, 15) is 24.6 Å². The Morgan fingerprint density at radius 1 is 1.07 bits per heavy atom. The van der Waals surface area contributed by atoms with Gasteiger partial charge in [-0.2, -0.15) is 0 Å². The molecule has 2 aromatic rings. The maximum atomic E-state index is 12.8. The van der Waals surface area contributed by atoms with Gasteiger partial charge in [-0.3, -0.25) is 14.9 Å². The quantitative estimate of drug-likeness (QED) is 0.422. The number of carbonyl (C=O) groups excluding carboxylic acids is 3. The molecule has 0 bridgehead atoms. The Balaban J connectivity index is 2.02. The normalized spacial score (nSPS) is 15.9. The Kier molecular flexibility index (Phi) is 4.74. The van der Waals surface area contributed by atoms with Crippen LogP contribution in [0, 0.1) is 0 Å². The average Bonchev–Trinajstić information content (AvgIpc) is 2.61. The summed E-state index contributed by atoms with van der Waals surface area (Å²) in [5, 5.41) is 21.2. The van der Waals surface area contributed by atoms with Crippen molar-refractivity contribution in [2.75, 3.05) is 12.0 Å². The molecule has 9 heteroatoms. The summed E-state index contributed by atoms with van der Waals surface area (Å²) < 4.78 is 5.03. The molecule has 0 spiro atoms. The van der Waals surface area contributed by atoms with Gasteiger partial charge in [0.05, 0.1) is 17.8 Å². The first-order valence-corrected chi connectivity index (χ1v) is 7.96. The van der Waals surface area contributed by atoms with Crippen LogP contribution in [0.2, 0.25) is 5.02 Å². The minimum atomic E-state index is -0.920. The molecule has 0 saturated carbocycles. The number of halogens is 1. The molecule has 1 aliphatic rings. The Morgan fingerprint density at radius 3 is 2.44 bits per heavy atom. The van der Waals surface area contributed by atoms with Crippen LogP contribution in [0.4, 0.5) is 10.5 Å². The van der Waals surface area contributed by atoms with Crippen molar-refractivity contribution in [1.82, 2.24) is 5.32 Å². The minimum absolute atomic E-state index is 0.148. The van der Waals surface area contributed by atoms with Gasteiger partial charge >= 0.3 is 6.03 Å². The standard InChI is InChI=1S/C18H13ClN2O6/c1-27-15-5-3-10(8-12(15)19)21-17(25)11(16(24)20-18(21)26)6-9-2-4-13(22)14(23)7-9/h2-8,22-23H,1H3,(H,20,24,26)/b11-6+. The number of carbonyl (C=O) groups is 3. The number of benzene rings is 2. The van der Waals surface area contributed by atoms with Gasteiger partial charge in [0, 0.05) is 0 Å². The van der Waals surface area contributed by atoms with Crippen molar-refractivity contribution < 1.29 is 29.3 Å². The minimum Gasteiger partial charge on any atom is -0.504 e. The average molecular weight is 389 g/mol. The van der Waals surface area contributed by atoms with E-state index in [2.05, 4.69) is 5.32 Å². The summed E-state index contributed by atoms with van der Waals surface area (Å²) in [6.07, 6.45) is 1.20. The lowest BCUT2D eigenvalue weighted by Crippen LogP contribution is -2.54. The Morgan fingerprint density at radius 2 is 1.81 bits per heavy atom. The number of methoxy groups -OCH3 is 1. The monoisotopic (exact) mass is 388 g/mol. The van der Waals surface area contributed by atoms with E-state index < -0.39 is 23.6 Å². The Hall–Kier alpha value is -3.52. The van der Waals surface area contributed by atoms with E-state index in [1.165, 1.54) is 49.6 Å². The van der Waals surface area contributed by atoms with Gasteiger partial charge in [-0.05, 0) is 42.0 Å². The highest BCUT2D eigenvalue weighted by Gasteiger charge is 2.37. The molecule has 1 heterocycles. The molecule has 1 fully saturated rings. The summed E-state index contributed by atoms with van der Waals surface area (Å²) in [5.41, 5.74) is 0.104. The van der Waals surface area contributed by atoms with Crippen molar-refractivity contribution >= 4 is 41.2 Å². The maximum Gasteiger partial charge on any atom is 0.335 e. The number of rotatable bonds is 3. The Bertz CT molecular complexity index is 1000. The van der Waals surface area contributed by atoms with Crippen molar-refractivity contribution in [3.05, 3.63) is 52.6 Å². The molecule has 3 N–H and O–H groups in total. The van der Waals surface area contributed by atoms with Crippen molar-refractivity contribution in [3.63, 3.8) is 0 Å². The van der Waals surface area contributed by atoms with Crippen LogP contribution in [0.15, 0.2) is 42.0 Å². The van der Waals surface area contributed by atoms with Crippen LogP contribution in [0.3, 0.4) is 0 Å². The number of anilines is 1. The van der Waals surface area contributed by atoms with Gasteiger partial charge < -0.3 is 14.9 Å². The SMILES string of the molecule is COc1ccc(N2C(=O)NC(=O)/C(=C\c3ccc(O)c(O)c3)C2=O)cc1Cl. The number of barbiturate groups is 1. The van der Waals surface area contributed by atoms with Gasteiger partial charge in [-0.25, -0.2) is 9.69 Å². The highest BCUT2D eigenvalue weighted by atomic mass is 35.5. The molecule has 138 valence electrons. The van der Waals surface area contributed by atoms with Crippen molar-refractivity contribution in [3.8, 4) is 17.2 Å². The van der Waals surface area contributed by atoms with Gasteiger partial charge in [0.1, 0.15) is 11.3 Å². The van der Waals surface area contributed by atoms with Crippen molar-refractivity contribution in [2.24, 2.45) is 0 Å². The predicted octanol–water partition coefficient (Wildman–Crippen LogP) is 2.43. The molecule has 8 nitrogen and oxygen atoms in total. The first kappa shape index (κ1) is 18.3. The van der Waals surface area contributed by atoms with Gasteiger partial charge in [0.25, 0.3) is 11.8 Å². The lowest BCUT2D eigenvalue weighted by Gasteiger charge is -2.26. The second-order valence-corrected chi connectivity index (χ2v) is 5.93. The number of aromatic hydroxyl groups is 2. The van der Waals surface area contributed by atoms with Crippen LogP contribution in [0.1, 0.15) is 5.56 Å². The molecule has 0 aromatic heterocycles. The Labute approximate surface area is 158 Å². The molecule has 0 aliphatic carbocycles. The zero-order valence-corrected chi connectivity index (χ0v) is 14.6. The van der Waals surface area contributed by atoms with Gasteiger partial charge in [0.15, 0.2) is 11.5 Å². The third-order valence-corrected chi connectivity index (χ3v) is 4.10. The summed E-state index contributed by atoms with van der Waals surface area (Å²) in [4.78, 5) is 37.8. The van der Waals surface area contributed by atoms with Gasteiger partial charge in [-0.15, -0.1) is 0 Å². The third-order valence-electron chi connectivity index (χ3n) is 3.81. The van der Waals surface area contributed by atoms with E-state index >= 15 is 0 Å². The number of imide groups is 2. The van der Waals surface area contributed by atoms with Crippen LogP contribution in [-0.4, -0.2) is 35.2 Å². The highest BCUT2D eigenvalue weighted by Crippen LogP contribution is 2.31. The number of hydrogen-bond acceptors (Lipinski definition) is 6. The lowest BCUT2D eigenvalue weighted by atomic mass is 10.1. The molecular weight excluding hydrogens is 376 g/mol. The van der Waals surface area contributed by atoms with Crippen LogP contribution < -0.4 is 15.0 Å². The second-order valence-electron chi connectivity index (χ2n) is 5.52. The fourth-order valence-electron chi connectivity index (χ4n) is 2.48. The molecule has 4 amide bonds. The first-order chi connectivity index (χ1) is 12.8. The van der Waals surface area contributed by atoms with Crippen LogP contribution in [0.5, 0.6) is 17.2 Å². The van der Waals surface area contributed by atoms with Crippen LogP contribution in [0.25, 0.3) is 6.08 Å². The summed E-state index contributed by atoms with van der Waals surface area (Å²) in [6, 6.07) is 7.15. The molecule has 1 saturated heterocycles. The van der Waals surface area contributed by atoms with Crippen molar-refractivity contribution in [2.45, 2.75) is 0 Å². The smallest absolute Gasteiger partial charge is 0.335 e. The highest BCUT2D eigenvalue weighted by molar-refractivity contribution is 6.39. The molecule has 1 aliphatic heterocycles. The van der Waals surface area contributed by atoms with Crippen LogP contribution in [-0.2, 0) is 9.59 Å². The predicted molar refractivity (Wildman–Crippen MR) is 96.8 cm³/mol. The number of nitrogens with one attached hydrogen (secondary N) is 1. The molecule has 0 atom stereocenters. The van der Waals surface area contributed by atoms with E-state index in [1.54, 1.807) is 0 Å². The largest absolute Gasteiger partial charge is 0.504 e. The number of phenols is 2. The number of nitrogens with zero attached hydrogens (tertiary/aromatic N) is 1. The molecule has 0 radical (unpaired) electrons. The number of phenolic OH excluding ortho intramolecular Hbond substituents is 2.